The molecule has 0 saturated carbocycles. The summed E-state index contributed by atoms with van der Waals surface area (Å²) in [4.78, 5) is 11.8. The van der Waals surface area contributed by atoms with Gasteiger partial charge >= 0.3 is 0 Å². The van der Waals surface area contributed by atoms with Crippen molar-refractivity contribution in [3.8, 4) is 6.07 Å². The van der Waals surface area contributed by atoms with E-state index in [1.807, 2.05) is 18.4 Å². The third-order valence-corrected chi connectivity index (χ3v) is 3.69. The zero-order chi connectivity index (χ0) is 10.6. The van der Waals surface area contributed by atoms with Gasteiger partial charge in [-0.05, 0) is 35.1 Å². The lowest BCUT2D eigenvalue weighted by Gasteiger charge is -2.03. The summed E-state index contributed by atoms with van der Waals surface area (Å²) in [6.07, 6.45) is 1.52. The number of ketones is 1. The molecule has 0 fully saturated rings. The lowest BCUT2D eigenvalue weighted by Crippen LogP contribution is -2.11. The molecule has 0 aliphatic carbocycles. The zero-order valence-electron chi connectivity index (χ0n) is 7.79. The largest absolute Gasteiger partial charge is 0.293 e. The highest BCUT2D eigenvalue weighted by Gasteiger charge is 2.19. The second-order valence-electron chi connectivity index (χ2n) is 2.97. The van der Waals surface area contributed by atoms with E-state index >= 15 is 0 Å². The molecule has 0 spiro atoms. The number of rotatable bonds is 4. The van der Waals surface area contributed by atoms with Crippen LogP contribution < -0.4 is 0 Å². The van der Waals surface area contributed by atoms with E-state index in [-0.39, 0.29) is 5.78 Å². The summed E-state index contributed by atoms with van der Waals surface area (Å²) in [5, 5.41) is 10.6. The average Bonchev–Trinajstić information content (AvgIpc) is 2.60. The molecule has 1 heterocycles. The molecule has 0 bridgehead atoms. The molecular weight excluding hydrogens is 309 g/mol. The Balaban J connectivity index is 2.79. The van der Waals surface area contributed by atoms with Crippen LogP contribution in [0.2, 0.25) is 0 Å². The Bertz CT molecular complexity index is 366. The molecule has 1 aromatic rings. The summed E-state index contributed by atoms with van der Waals surface area (Å²) in [5.74, 6) is -0.501. The maximum Gasteiger partial charge on any atom is 0.180 e. The summed E-state index contributed by atoms with van der Waals surface area (Å²) >= 11 is 3.71. The molecule has 1 atom stereocenters. The number of hydrogen-bond acceptors (Lipinski definition) is 3. The standard InChI is InChI=1S/C10H10INOS/c1-2-3-7(5-12)10(13)8-4-9(11)14-6-8/h4,6-7H,2-3H2,1H3. The number of hydrogen-bond donors (Lipinski definition) is 0. The highest BCUT2D eigenvalue weighted by molar-refractivity contribution is 14.1. The molecule has 0 N–H and O–H groups in total. The van der Waals surface area contributed by atoms with Crippen LogP contribution in [0.1, 0.15) is 30.1 Å². The Morgan fingerprint density at radius 2 is 2.50 bits per heavy atom. The molecule has 0 aliphatic rings. The number of carbonyl (C=O) groups excluding carboxylic acids is 1. The minimum absolute atomic E-state index is 0.0338. The molecular formula is C10H10INOS. The topological polar surface area (TPSA) is 40.9 Å². The Morgan fingerprint density at radius 1 is 1.79 bits per heavy atom. The van der Waals surface area contributed by atoms with E-state index in [2.05, 4.69) is 28.7 Å². The maximum atomic E-state index is 11.8. The molecule has 0 saturated heterocycles. The lowest BCUT2D eigenvalue weighted by molar-refractivity contribution is 0.0944. The van der Waals surface area contributed by atoms with Gasteiger partial charge in [0, 0.05) is 10.9 Å². The SMILES string of the molecule is CCCC(C#N)C(=O)c1csc(I)c1. The van der Waals surface area contributed by atoms with E-state index in [4.69, 9.17) is 5.26 Å². The van der Waals surface area contributed by atoms with Crippen LogP contribution in [0, 0.1) is 20.1 Å². The number of nitrogens with zero attached hydrogens (tertiary/aromatic N) is 1. The zero-order valence-corrected chi connectivity index (χ0v) is 10.8. The summed E-state index contributed by atoms with van der Waals surface area (Å²) in [6.45, 7) is 1.98. The Labute approximate surface area is 101 Å². The van der Waals surface area contributed by atoms with Gasteiger partial charge in [-0.15, -0.1) is 11.3 Å². The van der Waals surface area contributed by atoms with Crippen LogP contribution in [-0.2, 0) is 0 Å². The first kappa shape index (κ1) is 11.7. The second kappa shape index (κ2) is 5.47. The molecule has 1 rings (SSSR count). The van der Waals surface area contributed by atoms with Crippen LogP contribution in [-0.4, -0.2) is 5.78 Å². The van der Waals surface area contributed by atoms with Crippen molar-refractivity contribution < 1.29 is 4.79 Å². The predicted molar refractivity (Wildman–Crippen MR) is 65.4 cm³/mol. The third kappa shape index (κ3) is 2.79. The summed E-state index contributed by atoms with van der Waals surface area (Å²) in [6, 6.07) is 3.90. The van der Waals surface area contributed by atoms with Gasteiger partial charge in [-0.1, -0.05) is 13.3 Å². The van der Waals surface area contributed by atoms with Gasteiger partial charge in [0.1, 0.15) is 5.92 Å². The normalized spacial score (nSPS) is 12.1. The second-order valence-corrected chi connectivity index (χ2v) is 5.78. The number of nitriles is 1. The van der Waals surface area contributed by atoms with Gasteiger partial charge in [0.25, 0.3) is 0 Å². The van der Waals surface area contributed by atoms with Crippen LogP contribution in [0.15, 0.2) is 11.4 Å². The quantitative estimate of drug-likeness (QED) is 0.630. The number of halogens is 1. The van der Waals surface area contributed by atoms with E-state index in [1.165, 1.54) is 11.3 Å². The average molecular weight is 319 g/mol. The Morgan fingerprint density at radius 3 is 2.93 bits per heavy atom. The Hall–Kier alpha value is -0.410. The van der Waals surface area contributed by atoms with Crippen LogP contribution >= 0.6 is 33.9 Å². The fourth-order valence-corrected chi connectivity index (χ4v) is 2.52. The minimum Gasteiger partial charge on any atom is -0.293 e. The molecule has 0 amide bonds. The molecule has 14 heavy (non-hydrogen) atoms. The molecule has 4 heteroatoms. The van der Waals surface area contributed by atoms with Crippen molar-refractivity contribution in [3.05, 3.63) is 19.9 Å². The van der Waals surface area contributed by atoms with E-state index in [0.29, 0.717) is 12.0 Å². The third-order valence-electron chi connectivity index (χ3n) is 1.90. The number of Topliss-reactive ketones (excluding diaryl/α,β-unsaturated/α-hetero) is 1. The molecule has 0 radical (unpaired) electrons. The van der Waals surface area contributed by atoms with Crippen molar-refractivity contribution in [2.45, 2.75) is 19.8 Å². The molecule has 74 valence electrons. The van der Waals surface area contributed by atoms with E-state index in [9.17, 15) is 4.79 Å². The first-order valence-electron chi connectivity index (χ1n) is 4.37. The van der Waals surface area contributed by atoms with Crippen LogP contribution in [0.25, 0.3) is 0 Å². The van der Waals surface area contributed by atoms with Gasteiger partial charge in [0.15, 0.2) is 5.78 Å². The smallest absolute Gasteiger partial charge is 0.180 e. The molecule has 1 aromatic heterocycles. The predicted octanol–water partition coefficient (Wildman–Crippen LogP) is 3.48. The monoisotopic (exact) mass is 319 g/mol. The van der Waals surface area contributed by atoms with Crippen LogP contribution in [0.3, 0.4) is 0 Å². The molecule has 0 aromatic carbocycles. The van der Waals surface area contributed by atoms with Gasteiger partial charge in [-0.3, -0.25) is 4.79 Å². The van der Waals surface area contributed by atoms with Gasteiger partial charge in [-0.2, -0.15) is 5.26 Å². The van der Waals surface area contributed by atoms with Gasteiger partial charge < -0.3 is 0 Å². The van der Waals surface area contributed by atoms with Crippen molar-refractivity contribution in [1.29, 1.82) is 5.26 Å². The van der Waals surface area contributed by atoms with Crippen molar-refractivity contribution in [2.24, 2.45) is 5.92 Å². The Kier molecular flexibility index (Phi) is 4.55. The highest BCUT2D eigenvalue weighted by Crippen LogP contribution is 2.21. The van der Waals surface area contributed by atoms with Crippen molar-refractivity contribution in [3.63, 3.8) is 0 Å². The number of thiophene rings is 1. The summed E-state index contributed by atoms with van der Waals surface area (Å²) in [7, 11) is 0. The van der Waals surface area contributed by atoms with Gasteiger partial charge in [-0.25, -0.2) is 0 Å². The van der Waals surface area contributed by atoms with Crippen LogP contribution in [0.5, 0.6) is 0 Å². The first-order valence-corrected chi connectivity index (χ1v) is 6.32. The lowest BCUT2D eigenvalue weighted by atomic mass is 9.97. The fraction of sp³-hybridized carbons (Fsp3) is 0.400. The highest BCUT2D eigenvalue weighted by atomic mass is 127. The fourth-order valence-electron chi connectivity index (χ4n) is 1.18. The van der Waals surface area contributed by atoms with E-state index in [1.54, 1.807) is 0 Å². The van der Waals surface area contributed by atoms with E-state index in [0.717, 1.165) is 9.30 Å². The first-order chi connectivity index (χ1) is 6.69. The molecule has 0 aliphatic heterocycles. The van der Waals surface area contributed by atoms with E-state index < -0.39 is 5.92 Å². The van der Waals surface area contributed by atoms with Crippen LogP contribution in [0.4, 0.5) is 0 Å². The summed E-state index contributed by atoms with van der Waals surface area (Å²) in [5.41, 5.74) is 0.680. The maximum absolute atomic E-state index is 11.8. The van der Waals surface area contributed by atoms with Gasteiger partial charge in [0.2, 0.25) is 0 Å². The minimum atomic E-state index is -0.467. The van der Waals surface area contributed by atoms with Gasteiger partial charge in [0.05, 0.1) is 8.95 Å². The number of carbonyl (C=O) groups is 1. The van der Waals surface area contributed by atoms with Crippen molar-refractivity contribution >= 4 is 39.7 Å². The molecule has 1 unspecified atom stereocenters. The summed E-state index contributed by atoms with van der Waals surface area (Å²) < 4.78 is 1.08. The van der Waals surface area contributed by atoms with Crippen molar-refractivity contribution in [1.82, 2.24) is 0 Å². The molecule has 2 nitrogen and oxygen atoms in total. The van der Waals surface area contributed by atoms with Crippen molar-refractivity contribution in [2.75, 3.05) is 0 Å².